The molecule has 0 heterocycles. The molecule has 112 valence electrons. The Morgan fingerprint density at radius 1 is 1.35 bits per heavy atom. The van der Waals surface area contributed by atoms with Crippen molar-refractivity contribution in [3.8, 4) is 0 Å². The molecule has 0 atom stereocenters. The second kappa shape index (κ2) is 7.71. The van der Waals surface area contributed by atoms with E-state index in [1.54, 1.807) is 7.11 Å². The number of benzene rings is 1. The van der Waals surface area contributed by atoms with Crippen molar-refractivity contribution >= 4 is 11.6 Å². The van der Waals surface area contributed by atoms with Crippen molar-refractivity contribution in [1.29, 1.82) is 0 Å². The van der Waals surface area contributed by atoms with Crippen LogP contribution >= 0.6 is 0 Å². The van der Waals surface area contributed by atoms with Crippen LogP contribution in [-0.2, 0) is 10.9 Å². The summed E-state index contributed by atoms with van der Waals surface area (Å²) in [4.78, 5) is 4.02. The Labute approximate surface area is 115 Å². The second-order valence-electron chi connectivity index (χ2n) is 3.89. The number of guanidine groups is 1. The topological polar surface area (TPSA) is 71.7 Å². The van der Waals surface area contributed by atoms with Crippen molar-refractivity contribution in [2.75, 3.05) is 25.6 Å². The maximum Gasteiger partial charge on any atom is 0.418 e. The number of nitrogens with one attached hydrogen (secondary N) is 2. The van der Waals surface area contributed by atoms with Crippen LogP contribution in [0.4, 0.5) is 18.9 Å². The van der Waals surface area contributed by atoms with Gasteiger partial charge in [0.05, 0.1) is 11.3 Å². The first-order chi connectivity index (χ1) is 9.49. The molecule has 0 aliphatic carbocycles. The van der Waals surface area contributed by atoms with Gasteiger partial charge in [-0.25, -0.2) is 5.84 Å². The number of halogens is 3. The summed E-state index contributed by atoms with van der Waals surface area (Å²) < 4.78 is 43.3. The minimum absolute atomic E-state index is 0.0674. The van der Waals surface area contributed by atoms with E-state index in [-0.39, 0.29) is 11.6 Å². The highest BCUT2D eigenvalue weighted by Crippen LogP contribution is 2.34. The van der Waals surface area contributed by atoms with E-state index >= 15 is 0 Å². The molecule has 0 saturated heterocycles. The molecule has 0 aliphatic heterocycles. The van der Waals surface area contributed by atoms with Gasteiger partial charge in [0.1, 0.15) is 0 Å². The van der Waals surface area contributed by atoms with Gasteiger partial charge in [-0.15, -0.1) is 0 Å². The summed E-state index contributed by atoms with van der Waals surface area (Å²) in [5, 5.41) is 2.53. The highest BCUT2D eigenvalue weighted by molar-refractivity contribution is 5.94. The van der Waals surface area contributed by atoms with Crippen LogP contribution in [0.2, 0.25) is 0 Å². The fourth-order valence-electron chi connectivity index (χ4n) is 1.49. The third-order valence-electron chi connectivity index (χ3n) is 2.40. The highest BCUT2D eigenvalue weighted by atomic mass is 19.4. The fraction of sp³-hybridized carbons (Fsp3) is 0.417. The first kappa shape index (κ1) is 16.3. The molecule has 0 fully saturated rings. The molecule has 4 N–H and O–H groups in total. The standard InChI is InChI=1S/C12H17F3N4O/c1-20-8-4-7-17-11(19-16)18-10-6-3-2-5-9(10)12(13,14)15/h2-3,5-6H,4,7-8,16H2,1H3,(H2,17,18,19). The number of methoxy groups -OCH3 is 1. The van der Waals surface area contributed by atoms with Gasteiger partial charge in [0.15, 0.2) is 0 Å². The van der Waals surface area contributed by atoms with E-state index in [0.717, 1.165) is 6.07 Å². The Bertz CT molecular complexity index is 449. The van der Waals surface area contributed by atoms with Gasteiger partial charge in [0.2, 0.25) is 5.96 Å². The molecule has 0 aliphatic rings. The van der Waals surface area contributed by atoms with E-state index in [1.807, 2.05) is 0 Å². The molecule has 1 rings (SSSR count). The van der Waals surface area contributed by atoms with Crippen LogP contribution in [0, 0.1) is 0 Å². The van der Waals surface area contributed by atoms with Gasteiger partial charge in [-0.2, -0.15) is 13.2 Å². The number of para-hydroxylation sites is 1. The number of aliphatic imine (C=N–C) groups is 1. The van der Waals surface area contributed by atoms with Gasteiger partial charge < -0.3 is 10.1 Å². The Balaban J connectivity index is 2.80. The molecular formula is C12H17F3N4O. The molecule has 1 aromatic rings. The van der Waals surface area contributed by atoms with Crippen LogP contribution in [0.5, 0.6) is 0 Å². The average Bonchev–Trinajstić information content (AvgIpc) is 2.41. The third kappa shape index (κ3) is 5.06. The normalized spacial score (nSPS) is 12.3. The zero-order valence-corrected chi connectivity index (χ0v) is 11.0. The summed E-state index contributed by atoms with van der Waals surface area (Å²) in [6.07, 6.45) is -3.80. The molecule has 0 spiro atoms. The Morgan fingerprint density at radius 3 is 2.65 bits per heavy atom. The van der Waals surface area contributed by atoms with Crippen LogP contribution in [-0.4, -0.2) is 26.2 Å². The summed E-state index contributed by atoms with van der Waals surface area (Å²) in [5.74, 6) is 5.31. The lowest BCUT2D eigenvalue weighted by Crippen LogP contribution is -2.37. The van der Waals surface area contributed by atoms with Crippen LogP contribution in [0.3, 0.4) is 0 Å². The summed E-state index contributed by atoms with van der Waals surface area (Å²) in [7, 11) is 1.56. The summed E-state index contributed by atoms with van der Waals surface area (Å²) >= 11 is 0. The van der Waals surface area contributed by atoms with Crippen molar-refractivity contribution < 1.29 is 17.9 Å². The van der Waals surface area contributed by atoms with E-state index in [4.69, 9.17) is 10.6 Å². The van der Waals surface area contributed by atoms with Gasteiger partial charge in [0, 0.05) is 20.3 Å². The van der Waals surface area contributed by atoms with Gasteiger partial charge in [0.25, 0.3) is 0 Å². The minimum Gasteiger partial charge on any atom is -0.385 e. The molecule has 20 heavy (non-hydrogen) atoms. The zero-order chi connectivity index (χ0) is 15.0. The number of nitrogens with zero attached hydrogens (tertiary/aromatic N) is 1. The van der Waals surface area contributed by atoms with Crippen molar-refractivity contribution in [2.45, 2.75) is 12.6 Å². The van der Waals surface area contributed by atoms with E-state index in [0.29, 0.717) is 19.6 Å². The number of alkyl halides is 3. The molecule has 0 radical (unpaired) electrons. The maximum absolute atomic E-state index is 12.8. The van der Waals surface area contributed by atoms with Crippen molar-refractivity contribution in [1.82, 2.24) is 5.43 Å². The molecule has 5 nitrogen and oxygen atoms in total. The highest BCUT2D eigenvalue weighted by Gasteiger charge is 2.33. The van der Waals surface area contributed by atoms with E-state index in [1.165, 1.54) is 18.2 Å². The number of hydrogen-bond donors (Lipinski definition) is 3. The largest absolute Gasteiger partial charge is 0.418 e. The summed E-state index contributed by atoms with van der Waals surface area (Å²) in [6, 6.07) is 5.11. The number of anilines is 1. The maximum atomic E-state index is 12.8. The Hall–Kier alpha value is -1.80. The third-order valence-corrected chi connectivity index (χ3v) is 2.40. The molecule has 1 aromatic carbocycles. The van der Waals surface area contributed by atoms with Crippen molar-refractivity contribution in [2.24, 2.45) is 10.8 Å². The monoisotopic (exact) mass is 290 g/mol. The number of hydrogen-bond acceptors (Lipinski definition) is 3. The quantitative estimate of drug-likeness (QED) is 0.255. The first-order valence-electron chi connectivity index (χ1n) is 5.92. The van der Waals surface area contributed by atoms with Gasteiger partial charge >= 0.3 is 6.18 Å². The lowest BCUT2D eigenvalue weighted by molar-refractivity contribution is -0.136. The molecule has 0 amide bonds. The lowest BCUT2D eigenvalue weighted by Gasteiger charge is -2.15. The first-order valence-corrected chi connectivity index (χ1v) is 5.92. The Kier molecular flexibility index (Phi) is 6.26. The molecule has 8 heteroatoms. The average molecular weight is 290 g/mol. The number of rotatable bonds is 5. The number of nitrogens with two attached hydrogens (primary N) is 1. The molecule has 0 unspecified atom stereocenters. The van der Waals surface area contributed by atoms with Crippen LogP contribution < -0.4 is 16.6 Å². The molecule has 0 saturated carbocycles. The second-order valence-corrected chi connectivity index (χ2v) is 3.89. The summed E-state index contributed by atoms with van der Waals surface area (Å²) in [6.45, 7) is 0.898. The Morgan fingerprint density at radius 2 is 2.05 bits per heavy atom. The fourth-order valence-corrected chi connectivity index (χ4v) is 1.49. The van der Waals surface area contributed by atoms with E-state index in [9.17, 15) is 13.2 Å². The minimum atomic E-state index is -4.45. The van der Waals surface area contributed by atoms with Crippen molar-refractivity contribution in [3.63, 3.8) is 0 Å². The van der Waals surface area contributed by atoms with Gasteiger partial charge in [-0.1, -0.05) is 12.1 Å². The van der Waals surface area contributed by atoms with E-state index in [2.05, 4.69) is 15.7 Å². The zero-order valence-electron chi connectivity index (χ0n) is 11.0. The lowest BCUT2D eigenvalue weighted by atomic mass is 10.1. The molecule has 0 aromatic heterocycles. The van der Waals surface area contributed by atoms with Crippen LogP contribution in [0.25, 0.3) is 0 Å². The van der Waals surface area contributed by atoms with Gasteiger partial charge in [-0.05, 0) is 18.6 Å². The van der Waals surface area contributed by atoms with Crippen LogP contribution in [0.15, 0.2) is 29.3 Å². The predicted octanol–water partition coefficient (Wildman–Crippen LogP) is 1.97. The SMILES string of the molecule is COCCCN=C(NN)Nc1ccccc1C(F)(F)F. The van der Waals surface area contributed by atoms with Crippen LogP contribution in [0.1, 0.15) is 12.0 Å². The van der Waals surface area contributed by atoms with E-state index < -0.39 is 11.7 Å². The smallest absolute Gasteiger partial charge is 0.385 e. The molecular weight excluding hydrogens is 273 g/mol. The van der Waals surface area contributed by atoms with Crippen molar-refractivity contribution in [3.05, 3.63) is 29.8 Å². The number of ether oxygens (including phenoxy) is 1. The number of hydrazine groups is 1. The van der Waals surface area contributed by atoms with Gasteiger partial charge in [-0.3, -0.25) is 10.4 Å². The summed E-state index contributed by atoms with van der Waals surface area (Å²) in [5.41, 5.74) is 1.35. The predicted molar refractivity (Wildman–Crippen MR) is 71.2 cm³/mol. The molecule has 0 bridgehead atoms.